The largest absolute Gasteiger partial charge is 0.228 e. The van der Waals surface area contributed by atoms with Crippen LogP contribution < -0.4 is 0 Å². The van der Waals surface area contributed by atoms with Gasteiger partial charge in [-0.3, -0.25) is 0 Å². The van der Waals surface area contributed by atoms with Gasteiger partial charge in [0.1, 0.15) is 0 Å². The van der Waals surface area contributed by atoms with Gasteiger partial charge in [-0.25, -0.2) is 4.98 Å². The van der Waals surface area contributed by atoms with Crippen LogP contribution in [0.4, 0.5) is 0 Å². The van der Waals surface area contributed by atoms with Gasteiger partial charge < -0.3 is 0 Å². The highest BCUT2D eigenvalue weighted by Crippen LogP contribution is 2.07. The maximum Gasteiger partial charge on any atom is 0.209 e. The Balaban J connectivity index is 2.52. The first kappa shape index (κ1) is 7.03. The van der Waals surface area contributed by atoms with E-state index >= 15 is 0 Å². The van der Waals surface area contributed by atoms with Crippen LogP contribution in [0.3, 0.4) is 0 Å². The van der Waals surface area contributed by atoms with E-state index in [1.54, 1.807) is 6.20 Å². The van der Waals surface area contributed by atoms with Gasteiger partial charge in [0.25, 0.3) is 0 Å². The second-order valence-corrected chi connectivity index (χ2v) is 2.36. The van der Waals surface area contributed by atoms with E-state index in [4.69, 9.17) is 6.42 Å². The maximum absolute atomic E-state index is 5.03. The lowest BCUT2D eigenvalue weighted by molar-refractivity contribution is 0.840. The van der Waals surface area contributed by atoms with Crippen molar-refractivity contribution in [1.82, 2.24) is 15.2 Å². The van der Waals surface area contributed by atoms with Crippen molar-refractivity contribution in [2.24, 2.45) is 0 Å². The molecule has 0 amide bonds. The monoisotopic (exact) mass is 151 g/mol. The Morgan fingerprint density at radius 1 is 1.60 bits per heavy atom. The van der Waals surface area contributed by atoms with E-state index in [9.17, 15) is 0 Å². The molecule has 0 aliphatic rings. The summed E-state index contributed by atoms with van der Waals surface area (Å²) in [4.78, 5) is 3.91. The number of hydrogen-bond acceptors (Lipinski definition) is 4. The van der Waals surface area contributed by atoms with Gasteiger partial charge in [0, 0.05) is 0 Å². The Labute approximate surface area is 63.3 Å². The molecular formula is C6H5N3S. The molecule has 1 heterocycles. The highest BCUT2D eigenvalue weighted by molar-refractivity contribution is 7.99. The molecule has 0 aromatic carbocycles. The molecule has 0 radical (unpaired) electrons. The molecule has 0 saturated heterocycles. The van der Waals surface area contributed by atoms with Crippen molar-refractivity contribution in [1.29, 1.82) is 0 Å². The molecule has 10 heavy (non-hydrogen) atoms. The van der Waals surface area contributed by atoms with Gasteiger partial charge in [-0.1, -0.05) is 17.7 Å². The molecule has 50 valence electrons. The zero-order chi connectivity index (χ0) is 7.23. The van der Waals surface area contributed by atoms with Crippen LogP contribution in [0.15, 0.2) is 17.6 Å². The van der Waals surface area contributed by atoms with Gasteiger partial charge in [-0.2, -0.15) is 5.10 Å². The van der Waals surface area contributed by atoms with Gasteiger partial charge in [0.15, 0.2) is 0 Å². The van der Waals surface area contributed by atoms with E-state index in [1.807, 2.05) is 0 Å². The minimum absolute atomic E-state index is 0.589. The van der Waals surface area contributed by atoms with Crippen LogP contribution in [0.1, 0.15) is 0 Å². The van der Waals surface area contributed by atoms with E-state index in [2.05, 4.69) is 21.1 Å². The third kappa shape index (κ3) is 2.03. The predicted octanol–water partition coefficient (Wildman–Crippen LogP) is 0.597. The zero-order valence-corrected chi connectivity index (χ0v) is 6.01. The van der Waals surface area contributed by atoms with Crippen molar-refractivity contribution in [2.75, 3.05) is 5.75 Å². The highest BCUT2D eigenvalue weighted by Gasteiger charge is 1.91. The average molecular weight is 151 g/mol. The van der Waals surface area contributed by atoms with E-state index in [0.29, 0.717) is 10.9 Å². The lowest BCUT2D eigenvalue weighted by Crippen LogP contribution is -1.87. The molecule has 4 heteroatoms. The fraction of sp³-hybridized carbons (Fsp3) is 0.167. The van der Waals surface area contributed by atoms with Gasteiger partial charge in [-0.05, 0) is 0 Å². The first-order valence-corrected chi connectivity index (χ1v) is 3.62. The van der Waals surface area contributed by atoms with Crippen LogP contribution in [-0.2, 0) is 0 Å². The van der Waals surface area contributed by atoms with Crippen molar-refractivity contribution in [3.05, 3.63) is 12.4 Å². The third-order valence-corrected chi connectivity index (χ3v) is 1.50. The van der Waals surface area contributed by atoms with Crippen molar-refractivity contribution in [3.63, 3.8) is 0 Å². The summed E-state index contributed by atoms with van der Waals surface area (Å²) in [5.74, 6) is 3.06. The summed E-state index contributed by atoms with van der Waals surface area (Å²) in [6, 6.07) is 0. The SMILES string of the molecule is C#CCSc1nccnn1. The lowest BCUT2D eigenvalue weighted by Gasteiger charge is -1.89. The summed E-state index contributed by atoms with van der Waals surface area (Å²) in [5, 5.41) is 7.98. The maximum atomic E-state index is 5.03. The number of terminal acetylenes is 1. The van der Waals surface area contributed by atoms with Gasteiger partial charge in [-0.15, -0.1) is 11.5 Å². The second kappa shape index (κ2) is 3.85. The van der Waals surface area contributed by atoms with Gasteiger partial charge in [0.05, 0.1) is 18.1 Å². The number of thioether (sulfide) groups is 1. The van der Waals surface area contributed by atoms with Crippen LogP contribution in [0.5, 0.6) is 0 Å². The molecule has 0 aliphatic heterocycles. The van der Waals surface area contributed by atoms with E-state index in [0.717, 1.165) is 0 Å². The topological polar surface area (TPSA) is 38.7 Å². The fourth-order valence-corrected chi connectivity index (χ4v) is 0.861. The number of hydrogen-bond donors (Lipinski definition) is 0. The van der Waals surface area contributed by atoms with E-state index in [1.165, 1.54) is 18.0 Å². The Kier molecular flexibility index (Phi) is 2.71. The van der Waals surface area contributed by atoms with Crippen molar-refractivity contribution in [2.45, 2.75) is 5.16 Å². The first-order valence-electron chi connectivity index (χ1n) is 2.63. The first-order chi connectivity index (χ1) is 4.93. The molecule has 0 saturated carbocycles. The quantitative estimate of drug-likeness (QED) is 0.458. The summed E-state index contributed by atoms with van der Waals surface area (Å²) < 4.78 is 0. The Morgan fingerprint density at radius 2 is 2.50 bits per heavy atom. The van der Waals surface area contributed by atoms with Gasteiger partial charge >= 0.3 is 0 Å². The average Bonchev–Trinajstić information content (AvgIpc) is 2.03. The third-order valence-electron chi connectivity index (χ3n) is 0.746. The molecule has 1 aromatic heterocycles. The summed E-state index contributed by atoms with van der Waals surface area (Å²) in [5.41, 5.74) is 0. The van der Waals surface area contributed by atoms with Crippen LogP contribution in [0.2, 0.25) is 0 Å². The normalized spacial score (nSPS) is 8.70. The van der Waals surface area contributed by atoms with Crippen molar-refractivity contribution < 1.29 is 0 Å². The number of nitrogens with zero attached hydrogens (tertiary/aromatic N) is 3. The Bertz CT molecular complexity index is 228. The molecule has 0 bridgehead atoms. The molecule has 0 fully saturated rings. The van der Waals surface area contributed by atoms with Crippen molar-refractivity contribution in [3.8, 4) is 12.3 Å². The minimum atomic E-state index is 0.589. The van der Waals surface area contributed by atoms with Crippen LogP contribution in [-0.4, -0.2) is 20.9 Å². The van der Waals surface area contributed by atoms with E-state index in [-0.39, 0.29) is 0 Å². The summed E-state index contributed by atoms with van der Waals surface area (Å²) >= 11 is 1.40. The predicted molar refractivity (Wildman–Crippen MR) is 39.4 cm³/mol. The second-order valence-electron chi connectivity index (χ2n) is 1.42. The Hall–Kier alpha value is -1.08. The molecule has 1 rings (SSSR count). The molecule has 0 atom stereocenters. The van der Waals surface area contributed by atoms with Crippen LogP contribution in [0.25, 0.3) is 0 Å². The molecule has 3 nitrogen and oxygen atoms in total. The minimum Gasteiger partial charge on any atom is -0.228 e. The fourth-order valence-electron chi connectivity index (χ4n) is 0.408. The molecule has 0 unspecified atom stereocenters. The molecule has 1 aromatic rings. The van der Waals surface area contributed by atoms with Crippen molar-refractivity contribution >= 4 is 11.8 Å². The summed E-state index contributed by atoms with van der Waals surface area (Å²) in [6.45, 7) is 0. The summed E-state index contributed by atoms with van der Waals surface area (Å²) in [6.07, 6.45) is 8.15. The smallest absolute Gasteiger partial charge is 0.209 e. The summed E-state index contributed by atoms with van der Waals surface area (Å²) in [7, 11) is 0. The van der Waals surface area contributed by atoms with Crippen LogP contribution in [0, 0.1) is 12.3 Å². The van der Waals surface area contributed by atoms with Gasteiger partial charge in [0.2, 0.25) is 5.16 Å². The zero-order valence-electron chi connectivity index (χ0n) is 5.19. The molecule has 0 spiro atoms. The lowest BCUT2D eigenvalue weighted by atomic mass is 10.8. The van der Waals surface area contributed by atoms with E-state index < -0.39 is 0 Å². The highest BCUT2D eigenvalue weighted by atomic mass is 32.2. The Morgan fingerprint density at radius 3 is 3.10 bits per heavy atom. The van der Waals surface area contributed by atoms with Crippen LogP contribution >= 0.6 is 11.8 Å². The number of aromatic nitrogens is 3. The molecule has 0 N–H and O–H groups in total. The standard InChI is InChI=1S/C6H5N3S/c1-2-5-10-6-7-3-4-8-9-6/h1,3-4H,5H2. The number of rotatable bonds is 2. The molecular weight excluding hydrogens is 146 g/mol. The molecule has 0 aliphatic carbocycles.